The Balaban J connectivity index is 1.73. The van der Waals surface area contributed by atoms with Crippen LogP contribution < -0.4 is 19.8 Å². The van der Waals surface area contributed by atoms with E-state index < -0.39 is 11.9 Å². The van der Waals surface area contributed by atoms with Crippen LogP contribution in [0.15, 0.2) is 52.2 Å². The second kappa shape index (κ2) is 10.6. The van der Waals surface area contributed by atoms with Crippen LogP contribution in [0.3, 0.4) is 0 Å². The number of anilines is 1. The van der Waals surface area contributed by atoms with E-state index in [4.69, 9.17) is 13.9 Å². The van der Waals surface area contributed by atoms with Crippen molar-refractivity contribution in [2.75, 3.05) is 18.1 Å². The first-order chi connectivity index (χ1) is 18.7. The normalized spacial score (nSPS) is 14.8. The molecule has 0 saturated carbocycles. The van der Waals surface area contributed by atoms with E-state index in [1.165, 1.54) is 16.2 Å². The number of fused-ring (bicyclic) bond motifs is 2. The fourth-order valence-corrected chi connectivity index (χ4v) is 5.82. The molecule has 9 heteroatoms. The molecule has 0 spiro atoms. The molecule has 0 aliphatic carbocycles. The van der Waals surface area contributed by atoms with Crippen molar-refractivity contribution in [2.24, 2.45) is 5.92 Å². The van der Waals surface area contributed by atoms with E-state index in [2.05, 4.69) is 30.6 Å². The second-order valence-corrected chi connectivity index (χ2v) is 11.0. The molecule has 5 rings (SSSR count). The number of ether oxygens (including phenoxy) is 2. The van der Waals surface area contributed by atoms with Gasteiger partial charge in [0, 0.05) is 6.42 Å². The van der Waals surface area contributed by atoms with E-state index >= 15 is 0 Å². The van der Waals surface area contributed by atoms with Crippen LogP contribution in [0.5, 0.6) is 11.5 Å². The van der Waals surface area contributed by atoms with Gasteiger partial charge in [0.15, 0.2) is 16.9 Å². The minimum atomic E-state index is -0.776. The summed E-state index contributed by atoms with van der Waals surface area (Å²) in [6.07, 6.45) is 2.39. The van der Waals surface area contributed by atoms with Crippen molar-refractivity contribution >= 4 is 33.3 Å². The van der Waals surface area contributed by atoms with Crippen molar-refractivity contribution in [3.8, 4) is 11.5 Å². The summed E-state index contributed by atoms with van der Waals surface area (Å²) in [4.78, 5) is 29.5. The van der Waals surface area contributed by atoms with Gasteiger partial charge in [-0.25, -0.2) is 0 Å². The van der Waals surface area contributed by atoms with Crippen LogP contribution in [0.1, 0.15) is 64.6 Å². The zero-order valence-electron chi connectivity index (χ0n) is 22.7. The van der Waals surface area contributed by atoms with E-state index in [9.17, 15) is 9.59 Å². The third kappa shape index (κ3) is 4.83. The number of aromatic nitrogens is 2. The van der Waals surface area contributed by atoms with Crippen molar-refractivity contribution in [1.82, 2.24) is 10.2 Å². The van der Waals surface area contributed by atoms with Gasteiger partial charge in [0.2, 0.25) is 10.9 Å². The number of rotatable bonds is 9. The monoisotopic (exact) mass is 545 g/mol. The third-order valence-electron chi connectivity index (χ3n) is 6.67. The van der Waals surface area contributed by atoms with Crippen LogP contribution in [-0.2, 0) is 6.42 Å². The van der Waals surface area contributed by atoms with Gasteiger partial charge in [-0.05, 0) is 67.6 Å². The molecule has 39 heavy (non-hydrogen) atoms. The molecular weight excluding hydrogens is 514 g/mol. The van der Waals surface area contributed by atoms with Crippen molar-refractivity contribution in [2.45, 2.75) is 47.1 Å². The predicted octanol–water partition coefficient (Wildman–Crippen LogP) is 6.17. The molecule has 3 heterocycles. The predicted molar refractivity (Wildman–Crippen MR) is 152 cm³/mol. The third-order valence-corrected chi connectivity index (χ3v) is 7.62. The summed E-state index contributed by atoms with van der Waals surface area (Å²) in [5, 5.41) is 10.4. The first-order valence-electron chi connectivity index (χ1n) is 13.0. The van der Waals surface area contributed by atoms with Gasteiger partial charge in [-0.15, -0.1) is 10.2 Å². The Morgan fingerprint density at radius 1 is 1.10 bits per heavy atom. The molecule has 202 valence electrons. The van der Waals surface area contributed by atoms with Crippen molar-refractivity contribution in [1.29, 1.82) is 0 Å². The lowest BCUT2D eigenvalue weighted by Gasteiger charge is -2.23. The summed E-state index contributed by atoms with van der Waals surface area (Å²) in [5.74, 6) is 1.02. The van der Waals surface area contributed by atoms with Crippen LogP contribution in [0.25, 0.3) is 11.0 Å². The molecule has 4 aromatic rings. The molecule has 8 nitrogen and oxygen atoms in total. The Hall–Kier alpha value is -3.98. The lowest BCUT2D eigenvalue weighted by Crippen LogP contribution is -2.29. The summed E-state index contributed by atoms with van der Waals surface area (Å²) in [7, 11) is 0. The van der Waals surface area contributed by atoms with Gasteiger partial charge in [0.1, 0.15) is 17.2 Å². The largest absolute Gasteiger partial charge is 0.490 e. The highest BCUT2D eigenvalue weighted by Crippen LogP contribution is 2.44. The first kappa shape index (κ1) is 26.6. The van der Waals surface area contributed by atoms with Crippen LogP contribution in [-0.4, -0.2) is 29.3 Å². The number of benzene rings is 2. The van der Waals surface area contributed by atoms with Gasteiger partial charge in [0.25, 0.3) is 5.91 Å². The number of hydrogen-bond acceptors (Lipinski definition) is 8. The average Bonchev–Trinajstić information content (AvgIpc) is 3.46. The summed E-state index contributed by atoms with van der Waals surface area (Å²) in [5.41, 5.74) is 3.04. The van der Waals surface area contributed by atoms with E-state index in [0.717, 1.165) is 22.6 Å². The second-order valence-electron chi connectivity index (χ2n) is 10.00. The van der Waals surface area contributed by atoms with Crippen molar-refractivity contribution in [3.63, 3.8) is 0 Å². The zero-order chi connectivity index (χ0) is 27.8. The average molecular weight is 546 g/mol. The smallest absolute Gasteiger partial charge is 0.297 e. The topological polar surface area (TPSA) is 94.8 Å². The highest BCUT2D eigenvalue weighted by atomic mass is 32.1. The SMILES string of the molecule is C=CCOc1ccc(C2c3c(oc4cc(C)c(C)cc4c3=O)C(=O)N2c2nnc(CC(C)C)s2)cc1OCC. The molecule has 0 radical (unpaired) electrons. The van der Waals surface area contributed by atoms with Crippen LogP contribution in [0.4, 0.5) is 5.13 Å². The Morgan fingerprint density at radius 3 is 2.59 bits per heavy atom. The summed E-state index contributed by atoms with van der Waals surface area (Å²) in [6, 6.07) is 8.28. The van der Waals surface area contributed by atoms with Crippen LogP contribution in [0, 0.1) is 19.8 Å². The fourth-order valence-electron chi connectivity index (χ4n) is 4.75. The Morgan fingerprint density at radius 2 is 1.87 bits per heavy atom. The standard InChI is InChI=1S/C30H31N3O5S/c1-7-11-37-21-10-9-19(15-23(21)36-8-2)26-25-27(34)20-13-17(5)18(6)14-22(20)38-28(25)29(35)33(26)30-32-31-24(39-30)12-16(3)4/h7,9-10,13-16,26H,1,8,11-12H2,2-6H3. The van der Waals surface area contributed by atoms with E-state index in [1.807, 2.05) is 45.0 Å². The molecule has 0 saturated heterocycles. The lowest BCUT2D eigenvalue weighted by atomic mass is 9.97. The molecule has 0 N–H and O–H groups in total. The van der Waals surface area contributed by atoms with Gasteiger partial charge >= 0.3 is 0 Å². The number of carbonyl (C=O) groups excluding carboxylic acids is 1. The molecule has 0 fully saturated rings. The summed E-state index contributed by atoms with van der Waals surface area (Å²) in [6.45, 7) is 14.4. The number of amides is 1. The van der Waals surface area contributed by atoms with E-state index in [-0.39, 0.29) is 16.8 Å². The Labute approximate surface area is 230 Å². The number of carbonyl (C=O) groups is 1. The molecule has 1 atom stereocenters. The molecular formula is C30H31N3O5S. The van der Waals surface area contributed by atoms with Gasteiger partial charge < -0.3 is 13.9 Å². The Kier molecular flexibility index (Phi) is 7.27. The van der Waals surface area contributed by atoms with Crippen LogP contribution in [0.2, 0.25) is 0 Å². The Bertz CT molecular complexity index is 1640. The van der Waals surface area contributed by atoms with Gasteiger partial charge in [-0.2, -0.15) is 0 Å². The highest BCUT2D eigenvalue weighted by Gasteiger charge is 2.45. The first-order valence-corrected chi connectivity index (χ1v) is 13.8. The minimum Gasteiger partial charge on any atom is -0.490 e. The zero-order valence-corrected chi connectivity index (χ0v) is 23.6. The maximum atomic E-state index is 14.0. The molecule has 2 aromatic heterocycles. The summed E-state index contributed by atoms with van der Waals surface area (Å²) >= 11 is 1.35. The molecule has 1 aliphatic heterocycles. The molecule has 0 bridgehead atoms. The van der Waals surface area contributed by atoms with Crippen LogP contribution >= 0.6 is 11.3 Å². The quantitative estimate of drug-likeness (QED) is 0.232. The molecule has 2 aromatic carbocycles. The number of hydrogen-bond donors (Lipinski definition) is 0. The van der Waals surface area contributed by atoms with Gasteiger partial charge in [0.05, 0.1) is 23.6 Å². The van der Waals surface area contributed by atoms with E-state index in [1.54, 1.807) is 12.1 Å². The van der Waals surface area contributed by atoms with Gasteiger partial charge in [-0.1, -0.05) is 43.9 Å². The lowest BCUT2D eigenvalue weighted by molar-refractivity contribution is 0.0970. The number of aryl methyl sites for hydroxylation is 2. The van der Waals surface area contributed by atoms with E-state index in [0.29, 0.717) is 52.3 Å². The maximum Gasteiger partial charge on any atom is 0.297 e. The van der Waals surface area contributed by atoms with Crippen molar-refractivity contribution in [3.05, 3.63) is 86.2 Å². The maximum absolute atomic E-state index is 14.0. The fraction of sp³-hybridized carbons (Fsp3) is 0.333. The molecule has 1 amide bonds. The van der Waals surface area contributed by atoms with Crippen molar-refractivity contribution < 1.29 is 18.7 Å². The van der Waals surface area contributed by atoms with Gasteiger partial charge in [-0.3, -0.25) is 14.5 Å². The molecule has 1 aliphatic rings. The molecule has 1 unspecified atom stereocenters. The highest BCUT2D eigenvalue weighted by molar-refractivity contribution is 7.15. The summed E-state index contributed by atoms with van der Waals surface area (Å²) < 4.78 is 17.8. The number of nitrogens with zero attached hydrogens (tertiary/aromatic N) is 3. The minimum absolute atomic E-state index is 0.0197.